The minimum atomic E-state index is -1.79. The van der Waals surface area contributed by atoms with E-state index in [4.69, 9.17) is 18.9 Å². The van der Waals surface area contributed by atoms with Crippen LogP contribution in [0.15, 0.2) is 24.3 Å². The van der Waals surface area contributed by atoms with Gasteiger partial charge in [-0.3, -0.25) is 4.79 Å². The highest BCUT2D eigenvalue weighted by atomic mass is 16.7. The fraction of sp³-hybridized carbons (Fsp3) is 0.924. The lowest BCUT2D eigenvalue weighted by Gasteiger charge is -2.46. The van der Waals surface area contributed by atoms with Crippen LogP contribution in [0.3, 0.4) is 0 Å². The highest BCUT2D eigenvalue weighted by Crippen LogP contribution is 2.30. The number of aliphatic hydroxyl groups is 8. The van der Waals surface area contributed by atoms with Crippen LogP contribution in [0, 0.1) is 0 Å². The number of rotatable bonds is 55. The number of carbonyl (C=O) groups is 1. The molecular formula is C66H125NO13. The maximum absolute atomic E-state index is 13.3. The summed E-state index contributed by atoms with van der Waals surface area (Å²) in [5.74, 6) is -0.243. The molecule has 0 aromatic carbocycles. The van der Waals surface area contributed by atoms with Crippen molar-refractivity contribution in [3.05, 3.63) is 24.3 Å². The zero-order valence-electron chi connectivity index (χ0n) is 51.1. The molecule has 1 amide bonds. The van der Waals surface area contributed by atoms with Gasteiger partial charge >= 0.3 is 0 Å². The number of hydrogen-bond acceptors (Lipinski definition) is 13. The molecule has 0 aliphatic carbocycles. The van der Waals surface area contributed by atoms with Crippen molar-refractivity contribution in [1.29, 1.82) is 0 Å². The quantitative estimate of drug-likeness (QED) is 0.0204. The molecule has 2 saturated heterocycles. The number of amides is 1. The van der Waals surface area contributed by atoms with Crippen LogP contribution in [0.2, 0.25) is 0 Å². The van der Waals surface area contributed by atoms with Crippen LogP contribution >= 0.6 is 0 Å². The van der Waals surface area contributed by atoms with Gasteiger partial charge in [0.15, 0.2) is 12.6 Å². The second kappa shape index (κ2) is 51.9. The summed E-state index contributed by atoms with van der Waals surface area (Å²) in [6.45, 7) is 2.82. The average Bonchev–Trinajstić information content (AvgIpc) is 3.45. The summed E-state index contributed by atoms with van der Waals surface area (Å²) >= 11 is 0. The number of ether oxygens (including phenoxy) is 4. The lowest BCUT2D eigenvalue weighted by atomic mass is 9.97. The number of hydrogen-bond donors (Lipinski definition) is 9. The van der Waals surface area contributed by atoms with Crippen LogP contribution in [0.25, 0.3) is 0 Å². The lowest BCUT2D eigenvalue weighted by Crippen LogP contribution is -2.65. The van der Waals surface area contributed by atoms with E-state index in [1.165, 1.54) is 231 Å². The van der Waals surface area contributed by atoms with Crippen molar-refractivity contribution < 1.29 is 64.6 Å². The molecule has 9 N–H and O–H groups in total. The highest BCUT2D eigenvalue weighted by molar-refractivity contribution is 5.76. The molecule has 0 saturated carbocycles. The van der Waals surface area contributed by atoms with Gasteiger partial charge in [0.2, 0.25) is 5.91 Å². The predicted octanol–water partition coefficient (Wildman–Crippen LogP) is 12.8. The average molecular weight is 1140 g/mol. The Labute approximate surface area is 488 Å². The first-order valence-electron chi connectivity index (χ1n) is 33.6. The SMILES string of the molecule is CCCCCCCCCCCCCC/C=C/CC/C=C/C(O)C(COC1OC(CO)C(OC2OC(CO)C(O)C(O)C2O)C(O)C1O)NC(=O)CCCCCCCCCCCCCCCCCCCCCCCCCCCCCC. The molecule has 0 aromatic rings. The molecule has 2 rings (SSSR count). The van der Waals surface area contributed by atoms with Gasteiger partial charge in [-0.2, -0.15) is 0 Å². The summed E-state index contributed by atoms with van der Waals surface area (Å²) in [4.78, 5) is 13.3. The van der Waals surface area contributed by atoms with Gasteiger partial charge < -0.3 is 65.1 Å². The van der Waals surface area contributed by atoms with Crippen LogP contribution < -0.4 is 5.32 Å². The standard InChI is InChI=1S/C66H125NO13/c1-3-5-7-9-11-13-15-17-19-21-23-24-25-26-27-28-29-30-31-32-34-36-38-40-42-44-46-48-50-58(71)67-54(55(70)49-47-45-43-41-39-37-35-33-22-20-18-16-14-12-10-8-6-4-2)53-77-65-63(76)61(74)64(57(52-69)79-65)80-66-62(75)60(73)59(72)56(51-68)78-66/h39,41,47,49,54-57,59-66,68-70,72-76H,3-38,40,42-46,48,50-53H2,1-2H3,(H,67,71)/b41-39+,49-47+. The Bertz CT molecular complexity index is 1440. The number of allylic oxidation sites excluding steroid dienone is 3. The van der Waals surface area contributed by atoms with E-state index in [1.807, 2.05) is 6.08 Å². The summed E-state index contributed by atoms with van der Waals surface area (Å²) < 4.78 is 22.8. The first-order chi connectivity index (χ1) is 39.1. The van der Waals surface area contributed by atoms with Crippen LogP contribution in [-0.4, -0.2) is 140 Å². The van der Waals surface area contributed by atoms with E-state index in [9.17, 15) is 45.6 Å². The summed E-state index contributed by atoms with van der Waals surface area (Å²) in [5, 5.41) is 87.2. The molecule has 2 fully saturated rings. The molecule has 0 bridgehead atoms. The summed E-state index contributed by atoms with van der Waals surface area (Å²) in [5.41, 5.74) is 0. The van der Waals surface area contributed by atoms with Crippen molar-refractivity contribution in [2.45, 2.75) is 370 Å². The molecule has 12 atom stereocenters. The van der Waals surface area contributed by atoms with Gasteiger partial charge in [-0.1, -0.05) is 282 Å². The molecule has 0 radical (unpaired) electrons. The predicted molar refractivity (Wildman–Crippen MR) is 323 cm³/mol. The third kappa shape index (κ3) is 36.3. The molecule has 0 aromatic heterocycles. The van der Waals surface area contributed by atoms with Crippen LogP contribution in [0.4, 0.5) is 0 Å². The van der Waals surface area contributed by atoms with Gasteiger partial charge in [0, 0.05) is 6.42 Å². The van der Waals surface area contributed by atoms with E-state index in [-0.39, 0.29) is 18.9 Å². The minimum Gasteiger partial charge on any atom is -0.394 e. The Hall–Kier alpha value is -1.53. The molecule has 14 heteroatoms. The maximum Gasteiger partial charge on any atom is 0.220 e. The molecule has 472 valence electrons. The smallest absolute Gasteiger partial charge is 0.220 e. The Kier molecular flexibility index (Phi) is 48.3. The van der Waals surface area contributed by atoms with Gasteiger partial charge in [-0.15, -0.1) is 0 Å². The van der Waals surface area contributed by atoms with Gasteiger partial charge in [0.05, 0.1) is 32.0 Å². The Morgan fingerprint density at radius 3 is 1.23 bits per heavy atom. The molecular weight excluding hydrogens is 1010 g/mol. The summed E-state index contributed by atoms with van der Waals surface area (Å²) in [6, 6.07) is -0.928. The van der Waals surface area contributed by atoms with Crippen molar-refractivity contribution in [3.8, 4) is 0 Å². The van der Waals surface area contributed by atoms with Crippen molar-refractivity contribution >= 4 is 5.91 Å². The van der Waals surface area contributed by atoms with E-state index in [0.717, 1.165) is 32.1 Å². The van der Waals surface area contributed by atoms with Gasteiger partial charge in [-0.05, 0) is 32.1 Å². The molecule has 2 heterocycles. The second-order valence-electron chi connectivity index (χ2n) is 24.0. The van der Waals surface area contributed by atoms with Gasteiger partial charge in [0.25, 0.3) is 0 Å². The van der Waals surface area contributed by atoms with Crippen LogP contribution in [-0.2, 0) is 23.7 Å². The topological polar surface area (TPSA) is 228 Å². The van der Waals surface area contributed by atoms with Crippen molar-refractivity contribution in [2.24, 2.45) is 0 Å². The highest BCUT2D eigenvalue weighted by Gasteiger charge is 2.51. The van der Waals surface area contributed by atoms with E-state index < -0.39 is 86.8 Å². The lowest BCUT2D eigenvalue weighted by molar-refractivity contribution is -0.359. The second-order valence-corrected chi connectivity index (χ2v) is 24.0. The van der Waals surface area contributed by atoms with E-state index in [1.54, 1.807) is 6.08 Å². The summed E-state index contributed by atoms with van der Waals surface area (Å²) in [6.07, 6.45) is 46.7. The van der Waals surface area contributed by atoms with E-state index in [2.05, 4.69) is 31.3 Å². The van der Waals surface area contributed by atoms with Gasteiger partial charge in [-0.25, -0.2) is 0 Å². The maximum atomic E-state index is 13.3. The molecule has 2 aliphatic rings. The zero-order chi connectivity index (χ0) is 58.1. The normalized spacial score (nSPS) is 24.3. The molecule has 12 unspecified atom stereocenters. The number of nitrogens with one attached hydrogen (secondary N) is 1. The Morgan fingerprint density at radius 2 is 0.800 bits per heavy atom. The minimum absolute atomic E-state index is 0.243. The third-order valence-corrected chi connectivity index (χ3v) is 16.6. The first kappa shape index (κ1) is 74.6. The number of unbranched alkanes of at least 4 members (excludes halogenated alkanes) is 40. The van der Waals surface area contributed by atoms with Crippen LogP contribution in [0.1, 0.15) is 296 Å². The van der Waals surface area contributed by atoms with Crippen molar-refractivity contribution in [3.63, 3.8) is 0 Å². The van der Waals surface area contributed by atoms with Gasteiger partial charge in [0.1, 0.15) is 48.8 Å². The monoisotopic (exact) mass is 1140 g/mol. The fourth-order valence-corrected chi connectivity index (χ4v) is 11.3. The Morgan fingerprint density at radius 1 is 0.438 bits per heavy atom. The van der Waals surface area contributed by atoms with Crippen molar-refractivity contribution in [2.75, 3.05) is 19.8 Å². The van der Waals surface area contributed by atoms with E-state index in [0.29, 0.717) is 12.8 Å². The number of aliphatic hydroxyl groups excluding tert-OH is 8. The fourth-order valence-electron chi connectivity index (χ4n) is 11.3. The van der Waals surface area contributed by atoms with Crippen molar-refractivity contribution in [1.82, 2.24) is 5.32 Å². The molecule has 0 spiro atoms. The summed E-state index contributed by atoms with van der Waals surface area (Å²) in [7, 11) is 0. The Balaban J connectivity index is 1.69. The molecule has 14 nitrogen and oxygen atoms in total. The molecule has 2 aliphatic heterocycles. The zero-order valence-corrected chi connectivity index (χ0v) is 51.1. The largest absolute Gasteiger partial charge is 0.394 e. The number of carbonyl (C=O) groups excluding carboxylic acids is 1. The molecule has 80 heavy (non-hydrogen) atoms. The first-order valence-corrected chi connectivity index (χ1v) is 33.6. The van der Waals surface area contributed by atoms with E-state index >= 15 is 0 Å². The van der Waals surface area contributed by atoms with Crippen LogP contribution in [0.5, 0.6) is 0 Å². The third-order valence-electron chi connectivity index (χ3n) is 16.6.